The number of thiophene rings is 1. The van der Waals surface area contributed by atoms with Gasteiger partial charge >= 0.3 is 0 Å². The fraction of sp³-hybridized carbons (Fsp3) is 0.190. The average Bonchev–Trinajstić information content (AvgIpc) is 3.08. The van der Waals surface area contributed by atoms with Crippen molar-refractivity contribution >= 4 is 33.5 Å². The lowest BCUT2D eigenvalue weighted by Crippen LogP contribution is -2.04. The van der Waals surface area contributed by atoms with Crippen LogP contribution in [0.3, 0.4) is 0 Å². The van der Waals surface area contributed by atoms with Crippen LogP contribution in [0.25, 0.3) is 0 Å². The van der Waals surface area contributed by atoms with Gasteiger partial charge in [-0.1, -0.05) is 0 Å². The number of rotatable bonds is 8. The van der Waals surface area contributed by atoms with E-state index in [1.165, 1.54) is 18.4 Å². The molecule has 0 saturated carbocycles. The highest BCUT2D eigenvalue weighted by Crippen LogP contribution is 2.36. The molecule has 0 amide bonds. The molecule has 3 aromatic rings. The van der Waals surface area contributed by atoms with Crippen molar-refractivity contribution in [1.29, 1.82) is 0 Å². The minimum absolute atomic E-state index is 0.193. The van der Waals surface area contributed by atoms with E-state index in [9.17, 15) is 4.79 Å². The second-order valence-electron chi connectivity index (χ2n) is 5.87. The van der Waals surface area contributed by atoms with Crippen LogP contribution in [-0.4, -0.2) is 26.6 Å². The van der Waals surface area contributed by atoms with Crippen molar-refractivity contribution in [2.24, 2.45) is 0 Å². The van der Waals surface area contributed by atoms with Crippen molar-refractivity contribution in [2.75, 3.05) is 31.9 Å². The maximum absolute atomic E-state index is 13.0. The van der Waals surface area contributed by atoms with Crippen LogP contribution in [0.2, 0.25) is 0 Å². The summed E-state index contributed by atoms with van der Waals surface area (Å²) in [5.74, 6) is 1.67. The van der Waals surface area contributed by atoms with Crippen LogP contribution in [0.15, 0.2) is 48.5 Å². The number of nitrogens with two attached hydrogens (primary N) is 1. The molecule has 1 aromatic heterocycles. The second kappa shape index (κ2) is 8.67. The Bertz CT molecular complexity index is 967. The molecular weight excluding hydrogens is 376 g/mol. The van der Waals surface area contributed by atoms with Crippen molar-refractivity contribution in [1.82, 2.24) is 0 Å². The fourth-order valence-electron chi connectivity index (χ4n) is 2.70. The number of anilines is 3. The van der Waals surface area contributed by atoms with Gasteiger partial charge in [0.05, 0.1) is 37.1 Å². The van der Waals surface area contributed by atoms with Gasteiger partial charge < -0.3 is 25.3 Å². The molecular formula is C21H22N2O4S. The molecule has 0 unspecified atom stereocenters. The molecule has 0 aliphatic heterocycles. The van der Waals surface area contributed by atoms with Crippen molar-refractivity contribution in [2.45, 2.75) is 6.92 Å². The first-order chi connectivity index (χ1) is 13.5. The molecule has 7 heteroatoms. The zero-order valence-electron chi connectivity index (χ0n) is 15.9. The lowest BCUT2D eigenvalue weighted by Gasteiger charge is -2.09. The maximum Gasteiger partial charge on any atom is 0.208 e. The Kier molecular flexibility index (Phi) is 6.06. The molecule has 0 fully saturated rings. The summed E-state index contributed by atoms with van der Waals surface area (Å²) in [4.78, 5) is 13.4. The molecule has 3 rings (SSSR count). The monoisotopic (exact) mass is 398 g/mol. The average molecular weight is 398 g/mol. The first kappa shape index (κ1) is 19.6. The fourth-order valence-corrected chi connectivity index (χ4v) is 3.65. The second-order valence-corrected chi connectivity index (χ2v) is 6.93. The third-order valence-electron chi connectivity index (χ3n) is 4.05. The van der Waals surface area contributed by atoms with Crippen molar-refractivity contribution in [3.05, 3.63) is 59.0 Å². The number of ether oxygens (including phenoxy) is 3. The van der Waals surface area contributed by atoms with Crippen LogP contribution in [-0.2, 0) is 0 Å². The van der Waals surface area contributed by atoms with Gasteiger partial charge in [0.25, 0.3) is 0 Å². The third-order valence-corrected chi connectivity index (χ3v) is 5.12. The number of nitrogen functional groups attached to an aromatic ring is 1. The summed E-state index contributed by atoms with van der Waals surface area (Å²) in [6, 6.07) is 14.4. The van der Waals surface area contributed by atoms with Gasteiger partial charge in [-0.25, -0.2) is 0 Å². The smallest absolute Gasteiger partial charge is 0.208 e. The van der Waals surface area contributed by atoms with E-state index < -0.39 is 0 Å². The van der Waals surface area contributed by atoms with E-state index in [-0.39, 0.29) is 5.78 Å². The number of ketones is 1. The highest BCUT2D eigenvalue weighted by Gasteiger charge is 2.20. The molecule has 3 N–H and O–H groups in total. The molecule has 146 valence electrons. The topological polar surface area (TPSA) is 82.8 Å². The van der Waals surface area contributed by atoms with Crippen molar-refractivity contribution in [3.63, 3.8) is 0 Å². The lowest BCUT2D eigenvalue weighted by atomic mass is 10.1. The molecule has 0 radical (unpaired) electrons. The van der Waals surface area contributed by atoms with Gasteiger partial charge in [0.15, 0.2) is 0 Å². The molecule has 2 aromatic carbocycles. The number of nitrogens with one attached hydrogen (secondary N) is 1. The molecule has 0 aliphatic rings. The Labute approximate surface area is 167 Å². The van der Waals surface area contributed by atoms with Crippen LogP contribution in [0.5, 0.6) is 17.2 Å². The molecule has 0 saturated heterocycles. The van der Waals surface area contributed by atoms with Crippen LogP contribution < -0.4 is 25.3 Å². The molecule has 0 spiro atoms. The summed E-state index contributed by atoms with van der Waals surface area (Å²) in [6.07, 6.45) is 0. The van der Waals surface area contributed by atoms with Gasteiger partial charge in [-0.05, 0) is 49.4 Å². The quantitative estimate of drug-likeness (QED) is 0.534. The number of hydrogen-bond donors (Lipinski definition) is 2. The number of methoxy groups -OCH3 is 2. The summed E-state index contributed by atoms with van der Waals surface area (Å²) in [6.45, 7) is 2.56. The van der Waals surface area contributed by atoms with Crippen LogP contribution >= 0.6 is 11.3 Å². The van der Waals surface area contributed by atoms with Crippen molar-refractivity contribution < 1.29 is 19.0 Å². The highest BCUT2D eigenvalue weighted by atomic mass is 32.1. The van der Waals surface area contributed by atoms with Crippen LogP contribution in [0, 0.1) is 0 Å². The van der Waals surface area contributed by atoms with E-state index >= 15 is 0 Å². The largest absolute Gasteiger partial charge is 0.497 e. The Morgan fingerprint density at radius 3 is 2.39 bits per heavy atom. The molecule has 6 nitrogen and oxygen atoms in total. The summed E-state index contributed by atoms with van der Waals surface area (Å²) < 4.78 is 16.0. The van der Waals surface area contributed by atoms with Crippen LogP contribution in [0.1, 0.15) is 22.2 Å². The Morgan fingerprint density at radius 1 is 1.04 bits per heavy atom. The van der Waals surface area contributed by atoms with Crippen molar-refractivity contribution in [3.8, 4) is 17.2 Å². The van der Waals surface area contributed by atoms with E-state index in [4.69, 9.17) is 19.9 Å². The summed E-state index contributed by atoms with van der Waals surface area (Å²) >= 11 is 1.30. The van der Waals surface area contributed by atoms with Crippen LogP contribution in [0.4, 0.5) is 16.4 Å². The number of carbonyl (C=O) groups excluding carboxylic acids is 1. The van der Waals surface area contributed by atoms with E-state index in [1.54, 1.807) is 31.4 Å². The number of benzene rings is 2. The molecule has 0 aliphatic carbocycles. The van der Waals surface area contributed by atoms with E-state index in [0.717, 1.165) is 16.4 Å². The van der Waals surface area contributed by atoms with Gasteiger partial charge in [0, 0.05) is 11.8 Å². The third kappa shape index (κ3) is 4.20. The predicted octanol–water partition coefficient (Wildman–Crippen LogP) is 4.72. The first-order valence-corrected chi connectivity index (χ1v) is 9.53. The SMILES string of the molecule is CCOc1ccc(Nc2cc(N)c(C(=O)c3ccc(OC)cc3OC)s2)cc1. The minimum Gasteiger partial charge on any atom is -0.497 e. The minimum atomic E-state index is -0.193. The predicted molar refractivity (Wildman–Crippen MR) is 113 cm³/mol. The first-order valence-electron chi connectivity index (χ1n) is 8.71. The molecule has 1 heterocycles. The van der Waals surface area contributed by atoms with Gasteiger partial charge in [-0.15, -0.1) is 11.3 Å². The highest BCUT2D eigenvalue weighted by molar-refractivity contribution is 7.18. The number of hydrogen-bond acceptors (Lipinski definition) is 7. The van der Waals surface area contributed by atoms with Gasteiger partial charge in [0.2, 0.25) is 5.78 Å². The summed E-state index contributed by atoms with van der Waals surface area (Å²) in [5, 5.41) is 4.04. The standard InChI is InChI=1S/C21H22N2O4S/c1-4-27-14-7-5-13(6-8-14)23-19-12-17(22)21(28-19)20(24)16-10-9-15(25-2)11-18(16)26-3/h5-12,23H,4,22H2,1-3H3. The molecule has 28 heavy (non-hydrogen) atoms. The summed E-state index contributed by atoms with van der Waals surface area (Å²) in [5.41, 5.74) is 7.84. The molecule has 0 atom stereocenters. The van der Waals surface area contributed by atoms with E-state index in [2.05, 4.69) is 5.32 Å². The van der Waals surface area contributed by atoms with E-state index in [0.29, 0.717) is 34.2 Å². The normalized spacial score (nSPS) is 10.4. The molecule has 0 bridgehead atoms. The zero-order valence-corrected chi connectivity index (χ0v) is 16.8. The van der Waals surface area contributed by atoms with Gasteiger partial charge in [-0.3, -0.25) is 4.79 Å². The zero-order chi connectivity index (χ0) is 20.1. The Balaban J connectivity index is 1.82. The lowest BCUT2D eigenvalue weighted by molar-refractivity contribution is 0.104. The number of carbonyl (C=O) groups is 1. The van der Waals surface area contributed by atoms with Gasteiger partial charge in [0.1, 0.15) is 22.1 Å². The maximum atomic E-state index is 13.0. The Morgan fingerprint density at radius 2 is 1.75 bits per heavy atom. The van der Waals surface area contributed by atoms with Gasteiger partial charge in [-0.2, -0.15) is 0 Å². The Hall–Kier alpha value is -3.19. The summed E-state index contributed by atoms with van der Waals surface area (Å²) in [7, 11) is 3.08. The van der Waals surface area contributed by atoms with E-state index in [1.807, 2.05) is 31.2 Å².